The maximum atomic E-state index is 12.7. The third-order valence-corrected chi connectivity index (χ3v) is 3.58. The standard InChI is InChI=1S/C13H7Br2F3N2O/c14-8-4-7(13(16,17)18)5-9(6-8)20-12(21)10-2-1-3-19-11(10)15/h1-6H,(H,20,21). The van der Waals surface area contributed by atoms with Crippen molar-refractivity contribution >= 4 is 43.5 Å². The lowest BCUT2D eigenvalue weighted by atomic mass is 10.2. The minimum absolute atomic E-state index is 0.0393. The summed E-state index contributed by atoms with van der Waals surface area (Å²) in [4.78, 5) is 15.9. The third-order valence-electron chi connectivity index (χ3n) is 2.49. The highest BCUT2D eigenvalue weighted by Gasteiger charge is 2.31. The molecule has 0 aliphatic carbocycles. The molecule has 3 nitrogen and oxygen atoms in total. The van der Waals surface area contributed by atoms with Gasteiger partial charge in [-0.25, -0.2) is 4.98 Å². The van der Waals surface area contributed by atoms with Crippen molar-refractivity contribution in [2.24, 2.45) is 0 Å². The van der Waals surface area contributed by atoms with Crippen LogP contribution in [0.2, 0.25) is 0 Å². The fraction of sp³-hybridized carbons (Fsp3) is 0.0769. The highest BCUT2D eigenvalue weighted by molar-refractivity contribution is 9.10. The summed E-state index contributed by atoms with van der Waals surface area (Å²) < 4.78 is 38.7. The highest BCUT2D eigenvalue weighted by atomic mass is 79.9. The van der Waals surface area contributed by atoms with Crippen LogP contribution in [0.4, 0.5) is 18.9 Å². The van der Waals surface area contributed by atoms with Gasteiger partial charge in [0.25, 0.3) is 5.91 Å². The van der Waals surface area contributed by atoms with Crippen molar-refractivity contribution in [2.75, 3.05) is 5.32 Å². The van der Waals surface area contributed by atoms with Gasteiger partial charge in [0, 0.05) is 16.4 Å². The maximum absolute atomic E-state index is 12.7. The lowest BCUT2D eigenvalue weighted by Crippen LogP contribution is -2.14. The molecule has 0 saturated heterocycles. The number of nitrogens with zero attached hydrogens (tertiary/aromatic N) is 1. The average molecular weight is 424 g/mol. The number of amides is 1. The van der Waals surface area contributed by atoms with Crippen molar-refractivity contribution in [1.29, 1.82) is 0 Å². The van der Waals surface area contributed by atoms with Gasteiger partial charge in [-0.1, -0.05) is 15.9 Å². The summed E-state index contributed by atoms with van der Waals surface area (Å²) >= 11 is 6.10. The van der Waals surface area contributed by atoms with Crippen molar-refractivity contribution in [3.63, 3.8) is 0 Å². The minimum atomic E-state index is -4.49. The number of aromatic nitrogens is 1. The molecule has 1 heterocycles. The Balaban J connectivity index is 2.30. The lowest BCUT2D eigenvalue weighted by molar-refractivity contribution is -0.137. The van der Waals surface area contributed by atoms with Gasteiger partial charge in [-0.2, -0.15) is 13.2 Å². The first kappa shape index (κ1) is 16.0. The third kappa shape index (κ3) is 4.04. The lowest BCUT2D eigenvalue weighted by Gasteiger charge is -2.11. The van der Waals surface area contributed by atoms with Crippen LogP contribution >= 0.6 is 31.9 Å². The van der Waals surface area contributed by atoms with Crippen LogP contribution in [-0.2, 0) is 6.18 Å². The molecule has 2 aromatic rings. The number of pyridine rings is 1. The van der Waals surface area contributed by atoms with Crippen LogP contribution in [0.15, 0.2) is 45.6 Å². The fourth-order valence-electron chi connectivity index (χ4n) is 1.58. The zero-order valence-corrected chi connectivity index (χ0v) is 13.4. The molecular formula is C13H7Br2F3N2O. The Morgan fingerprint density at radius 1 is 1.19 bits per heavy atom. The summed E-state index contributed by atoms with van der Waals surface area (Å²) in [6.07, 6.45) is -3.00. The quantitative estimate of drug-likeness (QED) is 0.699. The Labute approximate surface area is 134 Å². The second-order valence-electron chi connectivity index (χ2n) is 4.02. The monoisotopic (exact) mass is 422 g/mol. The molecule has 0 saturated carbocycles. The molecule has 2 rings (SSSR count). The van der Waals surface area contributed by atoms with Crippen LogP contribution in [0.5, 0.6) is 0 Å². The predicted octanol–water partition coefficient (Wildman–Crippen LogP) is 4.88. The van der Waals surface area contributed by atoms with Crippen molar-refractivity contribution < 1.29 is 18.0 Å². The van der Waals surface area contributed by atoms with E-state index in [0.717, 1.165) is 12.1 Å². The molecule has 110 valence electrons. The van der Waals surface area contributed by atoms with E-state index in [1.165, 1.54) is 18.3 Å². The number of halogens is 5. The number of benzene rings is 1. The number of rotatable bonds is 2. The Hall–Kier alpha value is -1.41. The molecule has 0 radical (unpaired) electrons. The molecule has 1 amide bonds. The Bertz CT molecular complexity index is 689. The second-order valence-corrected chi connectivity index (χ2v) is 5.69. The average Bonchev–Trinajstić information content (AvgIpc) is 2.37. The summed E-state index contributed by atoms with van der Waals surface area (Å²) in [6, 6.07) is 6.26. The number of hydrogen-bond donors (Lipinski definition) is 1. The Kier molecular flexibility index (Phi) is 4.67. The van der Waals surface area contributed by atoms with Crippen LogP contribution in [0.3, 0.4) is 0 Å². The van der Waals surface area contributed by atoms with E-state index >= 15 is 0 Å². The topological polar surface area (TPSA) is 42.0 Å². The molecule has 8 heteroatoms. The molecule has 0 bridgehead atoms. The van der Waals surface area contributed by atoms with Crippen LogP contribution in [0.1, 0.15) is 15.9 Å². The van der Waals surface area contributed by atoms with E-state index in [1.54, 1.807) is 6.07 Å². The fourth-order valence-corrected chi connectivity index (χ4v) is 2.50. The summed E-state index contributed by atoms with van der Waals surface area (Å²) in [5, 5.41) is 2.41. The first-order chi connectivity index (χ1) is 9.77. The minimum Gasteiger partial charge on any atom is -0.322 e. The van der Waals surface area contributed by atoms with Gasteiger partial charge in [0.05, 0.1) is 11.1 Å². The normalized spacial score (nSPS) is 11.3. The Morgan fingerprint density at radius 3 is 2.52 bits per heavy atom. The van der Waals surface area contributed by atoms with Crippen LogP contribution in [0.25, 0.3) is 0 Å². The van der Waals surface area contributed by atoms with E-state index in [4.69, 9.17) is 0 Å². The number of anilines is 1. The summed E-state index contributed by atoms with van der Waals surface area (Å²) in [6.45, 7) is 0. The van der Waals surface area contributed by atoms with Gasteiger partial charge in [-0.3, -0.25) is 4.79 Å². The molecule has 0 unspecified atom stereocenters. The zero-order chi connectivity index (χ0) is 15.6. The second kappa shape index (κ2) is 6.15. The number of carbonyl (C=O) groups is 1. The zero-order valence-electron chi connectivity index (χ0n) is 10.2. The number of nitrogens with one attached hydrogen (secondary N) is 1. The van der Waals surface area contributed by atoms with E-state index in [2.05, 4.69) is 42.2 Å². The van der Waals surface area contributed by atoms with Gasteiger partial charge in [0.1, 0.15) is 4.60 Å². The summed E-state index contributed by atoms with van der Waals surface area (Å²) in [7, 11) is 0. The van der Waals surface area contributed by atoms with E-state index in [1.807, 2.05) is 0 Å². The number of carbonyl (C=O) groups excluding carboxylic acids is 1. The molecule has 0 aliphatic heterocycles. The van der Waals surface area contributed by atoms with E-state index in [-0.39, 0.29) is 15.7 Å². The smallest absolute Gasteiger partial charge is 0.322 e. The van der Waals surface area contributed by atoms with E-state index < -0.39 is 17.6 Å². The van der Waals surface area contributed by atoms with Crippen molar-refractivity contribution in [1.82, 2.24) is 4.98 Å². The maximum Gasteiger partial charge on any atom is 0.416 e. The van der Waals surface area contributed by atoms with E-state index in [0.29, 0.717) is 4.60 Å². The van der Waals surface area contributed by atoms with Gasteiger partial charge in [0.15, 0.2) is 0 Å². The largest absolute Gasteiger partial charge is 0.416 e. The molecule has 21 heavy (non-hydrogen) atoms. The molecule has 0 aliphatic rings. The van der Waals surface area contributed by atoms with Gasteiger partial charge in [-0.05, 0) is 46.3 Å². The number of alkyl halides is 3. The van der Waals surface area contributed by atoms with Crippen molar-refractivity contribution in [3.05, 3.63) is 56.7 Å². The molecule has 0 fully saturated rings. The Morgan fingerprint density at radius 2 is 1.90 bits per heavy atom. The molecular weight excluding hydrogens is 417 g/mol. The molecule has 1 aromatic heterocycles. The summed E-state index contributed by atoms with van der Waals surface area (Å²) in [5.41, 5.74) is -0.582. The first-order valence-electron chi connectivity index (χ1n) is 5.57. The van der Waals surface area contributed by atoms with Gasteiger partial charge in [0.2, 0.25) is 0 Å². The predicted molar refractivity (Wildman–Crippen MR) is 79.0 cm³/mol. The first-order valence-corrected chi connectivity index (χ1v) is 7.15. The van der Waals surface area contributed by atoms with Crippen LogP contribution < -0.4 is 5.32 Å². The van der Waals surface area contributed by atoms with Gasteiger partial charge >= 0.3 is 6.18 Å². The molecule has 0 spiro atoms. The van der Waals surface area contributed by atoms with Crippen molar-refractivity contribution in [2.45, 2.75) is 6.18 Å². The SMILES string of the molecule is O=C(Nc1cc(Br)cc(C(F)(F)F)c1)c1cccnc1Br. The van der Waals surface area contributed by atoms with Gasteiger partial charge in [-0.15, -0.1) is 0 Å². The molecule has 1 N–H and O–H groups in total. The number of hydrogen-bond acceptors (Lipinski definition) is 2. The van der Waals surface area contributed by atoms with E-state index in [9.17, 15) is 18.0 Å². The molecule has 0 atom stereocenters. The summed E-state index contributed by atoms with van der Waals surface area (Å²) in [5.74, 6) is -0.554. The van der Waals surface area contributed by atoms with Gasteiger partial charge < -0.3 is 5.32 Å². The molecule has 1 aromatic carbocycles. The van der Waals surface area contributed by atoms with Crippen LogP contribution in [-0.4, -0.2) is 10.9 Å². The van der Waals surface area contributed by atoms with Crippen LogP contribution in [0, 0.1) is 0 Å². The highest BCUT2D eigenvalue weighted by Crippen LogP contribution is 2.33. The van der Waals surface area contributed by atoms with Crippen molar-refractivity contribution in [3.8, 4) is 0 Å².